The maximum atomic E-state index is 12.4. The summed E-state index contributed by atoms with van der Waals surface area (Å²) in [4.78, 5) is 25.5. The number of amides is 1. The van der Waals surface area contributed by atoms with E-state index < -0.39 is 5.97 Å². The topological polar surface area (TPSA) is 89.4 Å². The summed E-state index contributed by atoms with van der Waals surface area (Å²) >= 11 is 0. The largest absolute Gasteiger partial charge is 0.506 e. The molecule has 8 nitrogen and oxygen atoms in total. The fourth-order valence-corrected chi connectivity index (χ4v) is 3.17. The number of aromatic nitrogens is 3. The van der Waals surface area contributed by atoms with Crippen LogP contribution in [-0.2, 0) is 9.53 Å². The van der Waals surface area contributed by atoms with Gasteiger partial charge in [-0.05, 0) is 62.2 Å². The fourth-order valence-electron chi connectivity index (χ4n) is 3.17. The highest BCUT2D eigenvalue weighted by atomic mass is 16.5. The van der Waals surface area contributed by atoms with E-state index in [4.69, 9.17) is 4.74 Å². The summed E-state index contributed by atoms with van der Waals surface area (Å²) in [6.45, 7) is 9.33. The molecule has 8 heteroatoms. The highest BCUT2D eigenvalue weighted by Crippen LogP contribution is 2.32. The smallest absolute Gasteiger partial charge is 0.333 e. The lowest BCUT2D eigenvalue weighted by Crippen LogP contribution is -2.28. The molecule has 0 aliphatic rings. The first kappa shape index (κ1) is 18.7. The fraction of sp³-hybridized carbons (Fsp3) is 0.238. The number of esters is 1. The van der Waals surface area contributed by atoms with E-state index in [0.717, 1.165) is 22.2 Å². The van der Waals surface area contributed by atoms with Crippen molar-refractivity contribution >= 4 is 22.9 Å². The standard InChI is InChI=1S/C21H22N4O4/c1-12(2)21(28)29-8-7-22-20(27)15-5-6-16-17(11-15)24-23(16)25(24)18-9-13(3)14(4)10-19(18)26/h5-6,9-11,26H,1,7-8H2,2-4H3,(H,22,27). The first-order chi connectivity index (χ1) is 13.8. The van der Waals surface area contributed by atoms with Gasteiger partial charge in [0.1, 0.15) is 29.1 Å². The lowest BCUT2D eigenvalue weighted by molar-refractivity contribution is -0.138. The number of carbonyl (C=O) groups excluding carboxylic acids is 2. The van der Waals surface area contributed by atoms with Crippen LogP contribution in [0.15, 0.2) is 42.5 Å². The molecule has 0 atom stereocenters. The van der Waals surface area contributed by atoms with Crippen LogP contribution in [-0.4, -0.2) is 44.2 Å². The lowest BCUT2D eigenvalue weighted by atomic mass is 10.1. The molecule has 4 aromatic rings. The molecule has 29 heavy (non-hydrogen) atoms. The third-order valence-electron chi connectivity index (χ3n) is 4.95. The number of nitrogens with zero attached hydrogens (tertiary/aromatic N) is 3. The average molecular weight is 394 g/mol. The molecule has 2 heterocycles. The zero-order valence-corrected chi connectivity index (χ0v) is 16.5. The normalized spacial score (nSPS) is 11.4. The molecule has 4 rings (SSSR count). The van der Waals surface area contributed by atoms with Gasteiger partial charge >= 0.3 is 5.97 Å². The van der Waals surface area contributed by atoms with Crippen molar-refractivity contribution in [3.8, 4) is 11.4 Å². The van der Waals surface area contributed by atoms with Crippen LogP contribution in [0.2, 0.25) is 0 Å². The third kappa shape index (κ3) is 3.12. The number of phenols is 1. The van der Waals surface area contributed by atoms with Gasteiger partial charge in [0.2, 0.25) is 0 Å². The number of aryl methyl sites for hydroxylation is 2. The van der Waals surface area contributed by atoms with E-state index >= 15 is 0 Å². The first-order valence-corrected chi connectivity index (χ1v) is 9.25. The maximum absolute atomic E-state index is 12.4. The van der Waals surface area contributed by atoms with Crippen molar-refractivity contribution in [3.63, 3.8) is 0 Å². The second-order valence-electron chi connectivity index (χ2n) is 7.17. The summed E-state index contributed by atoms with van der Waals surface area (Å²) in [5.74, 6) is -0.521. The van der Waals surface area contributed by atoms with Gasteiger partial charge in [-0.25, -0.2) is 4.79 Å². The molecule has 2 aromatic heterocycles. The van der Waals surface area contributed by atoms with E-state index in [1.165, 1.54) is 0 Å². The summed E-state index contributed by atoms with van der Waals surface area (Å²) in [6, 6.07) is 9.07. The van der Waals surface area contributed by atoms with Crippen molar-refractivity contribution < 1.29 is 19.4 Å². The molecule has 0 fully saturated rings. The molecule has 0 bridgehead atoms. The van der Waals surface area contributed by atoms with Gasteiger partial charge in [-0.3, -0.25) is 4.79 Å². The van der Waals surface area contributed by atoms with Gasteiger partial charge in [0.25, 0.3) is 5.91 Å². The van der Waals surface area contributed by atoms with Crippen LogP contribution in [0.4, 0.5) is 0 Å². The molecule has 150 valence electrons. The van der Waals surface area contributed by atoms with Crippen LogP contribution >= 0.6 is 0 Å². The van der Waals surface area contributed by atoms with Crippen molar-refractivity contribution in [2.24, 2.45) is 0 Å². The molecule has 0 unspecified atom stereocenters. The van der Waals surface area contributed by atoms with E-state index in [9.17, 15) is 14.7 Å². The Bertz CT molecular complexity index is 1260. The molecule has 1 amide bonds. The van der Waals surface area contributed by atoms with Gasteiger partial charge in [-0.15, -0.1) is 14.1 Å². The Labute approximate surface area is 166 Å². The van der Waals surface area contributed by atoms with Crippen LogP contribution in [0.3, 0.4) is 0 Å². The van der Waals surface area contributed by atoms with Crippen molar-refractivity contribution in [3.05, 3.63) is 59.2 Å². The van der Waals surface area contributed by atoms with Crippen LogP contribution < -0.4 is 5.32 Å². The summed E-state index contributed by atoms with van der Waals surface area (Å²) in [5, 5.41) is 13.0. The Kier molecular flexibility index (Phi) is 4.34. The first-order valence-electron chi connectivity index (χ1n) is 9.25. The van der Waals surface area contributed by atoms with E-state index in [-0.39, 0.29) is 24.8 Å². The van der Waals surface area contributed by atoms with Crippen molar-refractivity contribution in [1.82, 2.24) is 19.4 Å². The highest BCUT2D eigenvalue weighted by molar-refractivity contribution is 5.98. The molecule has 0 radical (unpaired) electrons. The third-order valence-corrected chi connectivity index (χ3v) is 4.95. The average Bonchev–Trinajstić information content (AvgIpc) is 3.33. The number of phenolic OH excluding ortho intramolecular Hbond substituents is 1. The zero-order chi connectivity index (χ0) is 20.9. The van der Waals surface area contributed by atoms with Gasteiger partial charge < -0.3 is 15.2 Å². The van der Waals surface area contributed by atoms with Gasteiger partial charge in [-0.1, -0.05) is 6.58 Å². The SMILES string of the molecule is C=C(C)C(=O)OCCNC(=O)c1ccc2c(c1)n1n(-c3cc(C)c(C)cc3O)n21. The second kappa shape index (κ2) is 6.73. The minimum absolute atomic E-state index is 0.0854. The Hall–Kier alpha value is -3.68. The molecule has 0 saturated heterocycles. The molecular formula is C21H22N4O4. The molecular weight excluding hydrogens is 372 g/mol. The molecule has 0 saturated carbocycles. The number of aromatic hydroxyl groups is 1. The van der Waals surface area contributed by atoms with Gasteiger partial charge in [-0.2, -0.15) is 0 Å². The summed E-state index contributed by atoms with van der Waals surface area (Å²) in [6.07, 6.45) is 0. The van der Waals surface area contributed by atoms with Crippen molar-refractivity contribution in [2.45, 2.75) is 20.8 Å². The predicted octanol–water partition coefficient (Wildman–Crippen LogP) is 2.59. The lowest BCUT2D eigenvalue weighted by Gasteiger charge is -2.07. The molecule has 0 aliphatic heterocycles. The van der Waals surface area contributed by atoms with E-state index in [0.29, 0.717) is 16.8 Å². The minimum atomic E-state index is -0.475. The zero-order valence-electron chi connectivity index (χ0n) is 16.5. The number of ether oxygens (including phenoxy) is 1. The van der Waals surface area contributed by atoms with Crippen LogP contribution in [0.1, 0.15) is 28.4 Å². The van der Waals surface area contributed by atoms with Crippen LogP contribution in [0.5, 0.6) is 5.75 Å². The summed E-state index contributed by atoms with van der Waals surface area (Å²) < 4.78 is 8.76. The number of hydrogen-bond acceptors (Lipinski definition) is 4. The van der Waals surface area contributed by atoms with E-state index in [1.54, 1.807) is 25.1 Å². The Morgan fingerprint density at radius 1 is 1.10 bits per heavy atom. The van der Waals surface area contributed by atoms with Crippen molar-refractivity contribution in [1.29, 1.82) is 0 Å². The van der Waals surface area contributed by atoms with Gasteiger partial charge in [0.05, 0.1) is 6.54 Å². The number of benzene rings is 2. The number of hydrogen-bond donors (Lipinski definition) is 2. The molecule has 2 aromatic carbocycles. The highest BCUT2D eigenvalue weighted by Gasteiger charge is 2.26. The van der Waals surface area contributed by atoms with Crippen molar-refractivity contribution in [2.75, 3.05) is 13.2 Å². The van der Waals surface area contributed by atoms with Crippen LogP contribution in [0, 0.1) is 13.8 Å². The van der Waals surface area contributed by atoms with E-state index in [1.807, 2.05) is 40.0 Å². The second-order valence-corrected chi connectivity index (χ2v) is 7.17. The Morgan fingerprint density at radius 3 is 2.52 bits per heavy atom. The van der Waals surface area contributed by atoms with Crippen LogP contribution in [0.25, 0.3) is 16.7 Å². The molecule has 0 spiro atoms. The number of carbonyl (C=O) groups is 2. The Morgan fingerprint density at radius 2 is 1.79 bits per heavy atom. The maximum Gasteiger partial charge on any atom is 0.333 e. The molecule has 0 aliphatic carbocycles. The number of rotatable bonds is 6. The quantitative estimate of drug-likeness (QED) is 0.299. The summed E-state index contributed by atoms with van der Waals surface area (Å²) in [5.41, 5.74) is 5.46. The summed E-state index contributed by atoms with van der Waals surface area (Å²) in [7, 11) is 0. The Balaban J connectivity index is 1.49. The van der Waals surface area contributed by atoms with Gasteiger partial charge in [0, 0.05) is 11.1 Å². The number of fused-ring (bicyclic) bond motifs is 4. The van der Waals surface area contributed by atoms with E-state index in [2.05, 4.69) is 11.9 Å². The molecule has 2 N–H and O–H groups in total. The predicted molar refractivity (Wildman–Crippen MR) is 108 cm³/mol. The van der Waals surface area contributed by atoms with Gasteiger partial charge in [0.15, 0.2) is 0 Å². The minimum Gasteiger partial charge on any atom is -0.506 e. The number of nitrogens with one attached hydrogen (secondary N) is 1. The monoisotopic (exact) mass is 394 g/mol.